The Labute approximate surface area is 112 Å². The van der Waals surface area contributed by atoms with Gasteiger partial charge in [0.15, 0.2) is 0 Å². The number of nitrogens with one attached hydrogen (secondary N) is 1. The fraction of sp³-hybridized carbons (Fsp3) is 0.462. The molecular weight excluding hydrogens is 242 g/mol. The van der Waals surface area contributed by atoms with Crippen molar-refractivity contribution in [1.29, 1.82) is 0 Å². The molecule has 0 bridgehead atoms. The first-order valence-electron chi connectivity index (χ1n) is 6.29. The third-order valence-corrected chi connectivity index (χ3v) is 2.65. The molecule has 6 nitrogen and oxygen atoms in total. The van der Waals surface area contributed by atoms with Gasteiger partial charge in [0, 0.05) is 24.3 Å². The second kappa shape index (κ2) is 6.29. The Balaban J connectivity index is 2.03. The zero-order chi connectivity index (χ0) is 13.7. The predicted molar refractivity (Wildman–Crippen MR) is 71.9 cm³/mol. The molecule has 0 spiro atoms. The van der Waals surface area contributed by atoms with Crippen molar-refractivity contribution < 1.29 is 4.74 Å². The molecule has 0 amide bonds. The van der Waals surface area contributed by atoms with Gasteiger partial charge in [-0.1, -0.05) is 25.1 Å². The molecule has 19 heavy (non-hydrogen) atoms. The first-order valence-corrected chi connectivity index (χ1v) is 6.29. The fourth-order valence-electron chi connectivity index (χ4n) is 1.71. The number of pyridine rings is 1. The molecule has 0 aromatic carbocycles. The van der Waals surface area contributed by atoms with Crippen LogP contribution in [0.2, 0.25) is 0 Å². The fourth-order valence-corrected chi connectivity index (χ4v) is 1.71. The summed E-state index contributed by atoms with van der Waals surface area (Å²) in [7, 11) is 1.62. The van der Waals surface area contributed by atoms with Crippen molar-refractivity contribution in [2.75, 3.05) is 7.11 Å². The minimum absolute atomic E-state index is 0.434. The molecule has 2 aromatic heterocycles. The number of nitrogens with zero attached hydrogens (tertiary/aromatic N) is 4. The van der Waals surface area contributed by atoms with Crippen LogP contribution in [0, 0.1) is 0 Å². The van der Waals surface area contributed by atoms with Gasteiger partial charge in [-0.15, -0.1) is 5.10 Å². The van der Waals surface area contributed by atoms with Gasteiger partial charge in [-0.3, -0.25) is 0 Å². The van der Waals surface area contributed by atoms with E-state index in [4.69, 9.17) is 4.74 Å². The van der Waals surface area contributed by atoms with Gasteiger partial charge in [0.25, 0.3) is 0 Å². The van der Waals surface area contributed by atoms with Crippen LogP contribution >= 0.6 is 0 Å². The number of hydrogen-bond donors (Lipinski definition) is 1. The van der Waals surface area contributed by atoms with Crippen LogP contribution < -0.4 is 10.1 Å². The molecule has 2 heterocycles. The van der Waals surface area contributed by atoms with Crippen molar-refractivity contribution >= 4 is 0 Å². The minimum Gasteiger partial charge on any atom is -0.481 e. The summed E-state index contributed by atoms with van der Waals surface area (Å²) in [5, 5.41) is 11.5. The number of methoxy groups -OCH3 is 1. The molecule has 0 aliphatic rings. The lowest BCUT2D eigenvalue weighted by molar-refractivity contribution is 0.390. The van der Waals surface area contributed by atoms with Gasteiger partial charge >= 0.3 is 0 Å². The van der Waals surface area contributed by atoms with Gasteiger partial charge in [0.05, 0.1) is 25.5 Å². The van der Waals surface area contributed by atoms with Gasteiger partial charge in [0.2, 0.25) is 5.88 Å². The molecule has 102 valence electrons. The molecule has 0 aliphatic carbocycles. The van der Waals surface area contributed by atoms with Crippen molar-refractivity contribution in [1.82, 2.24) is 25.3 Å². The van der Waals surface area contributed by atoms with Gasteiger partial charge in [0.1, 0.15) is 0 Å². The maximum absolute atomic E-state index is 5.22. The Bertz CT molecular complexity index is 523. The van der Waals surface area contributed by atoms with Gasteiger partial charge in [-0.2, -0.15) is 0 Å². The second-order valence-electron chi connectivity index (χ2n) is 4.61. The van der Waals surface area contributed by atoms with E-state index in [9.17, 15) is 0 Å². The summed E-state index contributed by atoms with van der Waals surface area (Å²) in [6.45, 7) is 5.53. The van der Waals surface area contributed by atoms with Crippen LogP contribution in [0.5, 0.6) is 5.88 Å². The third-order valence-electron chi connectivity index (χ3n) is 2.65. The molecule has 0 radical (unpaired) electrons. The van der Waals surface area contributed by atoms with Gasteiger partial charge in [-0.25, -0.2) is 9.67 Å². The highest BCUT2D eigenvalue weighted by atomic mass is 16.5. The van der Waals surface area contributed by atoms with Crippen molar-refractivity contribution in [2.45, 2.75) is 33.0 Å². The van der Waals surface area contributed by atoms with E-state index in [1.54, 1.807) is 18.0 Å². The first-order chi connectivity index (χ1) is 9.19. The average molecular weight is 261 g/mol. The molecule has 2 rings (SSSR count). The predicted octanol–water partition coefficient (Wildman–Crippen LogP) is 1.23. The average Bonchev–Trinajstić information content (AvgIpc) is 2.85. The van der Waals surface area contributed by atoms with Gasteiger partial charge < -0.3 is 10.1 Å². The molecule has 0 unspecified atom stereocenters. The van der Waals surface area contributed by atoms with E-state index in [2.05, 4.69) is 34.5 Å². The normalized spacial score (nSPS) is 10.9. The van der Waals surface area contributed by atoms with E-state index >= 15 is 0 Å². The van der Waals surface area contributed by atoms with Gasteiger partial charge in [-0.05, 0) is 6.07 Å². The molecule has 0 saturated heterocycles. The molecule has 6 heteroatoms. The van der Waals surface area contributed by atoms with Crippen LogP contribution in [0.15, 0.2) is 24.5 Å². The van der Waals surface area contributed by atoms with E-state index < -0.39 is 0 Å². The monoisotopic (exact) mass is 261 g/mol. The maximum atomic E-state index is 5.22. The van der Waals surface area contributed by atoms with Crippen molar-refractivity contribution in [2.24, 2.45) is 0 Å². The second-order valence-corrected chi connectivity index (χ2v) is 4.61. The lowest BCUT2D eigenvalue weighted by Crippen LogP contribution is -2.21. The zero-order valence-corrected chi connectivity index (χ0v) is 11.5. The Hall–Kier alpha value is -1.95. The van der Waals surface area contributed by atoms with Crippen LogP contribution in [-0.2, 0) is 13.1 Å². The summed E-state index contributed by atoms with van der Waals surface area (Å²) in [5.74, 6) is 0.625. The molecule has 0 fully saturated rings. The lowest BCUT2D eigenvalue weighted by Gasteiger charge is -2.06. The Morgan fingerprint density at radius 3 is 3.00 bits per heavy atom. The first kappa shape index (κ1) is 13.5. The highest BCUT2D eigenvalue weighted by Gasteiger charge is 2.06. The van der Waals surface area contributed by atoms with Crippen molar-refractivity contribution in [3.8, 4) is 5.88 Å². The molecule has 1 N–H and O–H groups in total. The Morgan fingerprint density at radius 2 is 2.26 bits per heavy atom. The molecular formula is C13H19N5O. The standard InChI is InChI=1S/C13H19N5O/c1-10(2)15-7-12-9-18(17-16-12)8-11-5-4-6-14-13(11)19-3/h4-6,9-10,15H,7-8H2,1-3H3. The van der Waals surface area contributed by atoms with E-state index in [1.807, 2.05) is 18.3 Å². The van der Waals surface area contributed by atoms with Crippen LogP contribution in [0.4, 0.5) is 0 Å². The van der Waals surface area contributed by atoms with Crippen molar-refractivity contribution in [3.63, 3.8) is 0 Å². The molecule has 2 aromatic rings. The summed E-state index contributed by atoms with van der Waals surface area (Å²) in [6, 6.07) is 4.29. The minimum atomic E-state index is 0.434. The number of ether oxygens (including phenoxy) is 1. The lowest BCUT2D eigenvalue weighted by atomic mass is 10.2. The smallest absolute Gasteiger partial charge is 0.218 e. The van der Waals surface area contributed by atoms with Crippen LogP contribution in [0.1, 0.15) is 25.1 Å². The SMILES string of the molecule is COc1ncccc1Cn1cc(CNC(C)C)nn1. The number of aromatic nitrogens is 4. The summed E-state index contributed by atoms with van der Waals surface area (Å²) >= 11 is 0. The van der Waals surface area contributed by atoms with E-state index in [1.165, 1.54) is 0 Å². The van der Waals surface area contributed by atoms with Crippen LogP contribution in [-0.4, -0.2) is 33.1 Å². The van der Waals surface area contributed by atoms with E-state index in [-0.39, 0.29) is 0 Å². The summed E-state index contributed by atoms with van der Waals surface area (Å²) < 4.78 is 7.01. The summed E-state index contributed by atoms with van der Waals surface area (Å²) in [5.41, 5.74) is 1.91. The number of hydrogen-bond acceptors (Lipinski definition) is 5. The Kier molecular flexibility index (Phi) is 4.46. The summed E-state index contributed by atoms with van der Waals surface area (Å²) in [4.78, 5) is 4.16. The highest BCUT2D eigenvalue weighted by molar-refractivity contribution is 5.25. The zero-order valence-electron chi connectivity index (χ0n) is 11.5. The topological polar surface area (TPSA) is 64.9 Å². The van der Waals surface area contributed by atoms with Crippen molar-refractivity contribution in [3.05, 3.63) is 35.8 Å². The van der Waals surface area contributed by atoms with Crippen LogP contribution in [0.3, 0.4) is 0 Å². The van der Waals surface area contributed by atoms with E-state index in [0.29, 0.717) is 18.5 Å². The summed E-state index contributed by atoms with van der Waals surface area (Å²) in [6.07, 6.45) is 3.64. The molecule has 0 atom stereocenters. The third kappa shape index (κ3) is 3.75. The maximum Gasteiger partial charge on any atom is 0.218 e. The quantitative estimate of drug-likeness (QED) is 0.847. The highest BCUT2D eigenvalue weighted by Crippen LogP contribution is 2.14. The number of rotatable bonds is 6. The Morgan fingerprint density at radius 1 is 1.42 bits per heavy atom. The molecule has 0 saturated carbocycles. The largest absolute Gasteiger partial charge is 0.481 e. The van der Waals surface area contributed by atoms with Crippen LogP contribution in [0.25, 0.3) is 0 Å². The van der Waals surface area contributed by atoms with E-state index in [0.717, 1.165) is 17.8 Å². The molecule has 0 aliphatic heterocycles.